The van der Waals surface area contributed by atoms with Crippen LogP contribution in [-0.4, -0.2) is 215 Å². The summed E-state index contributed by atoms with van der Waals surface area (Å²) in [6.45, 7) is 16.1. The molecule has 0 saturated carbocycles. The third-order valence-electron chi connectivity index (χ3n) is 15.9. The van der Waals surface area contributed by atoms with E-state index < -0.39 is 18.4 Å². The second-order valence-electron chi connectivity index (χ2n) is 22.6. The Hall–Kier alpha value is -3.34. The van der Waals surface area contributed by atoms with E-state index in [9.17, 15) is 8.42 Å². The van der Waals surface area contributed by atoms with Crippen LogP contribution in [0.4, 0.5) is 0 Å². The van der Waals surface area contributed by atoms with Gasteiger partial charge in [-0.05, 0) is 66.8 Å². The van der Waals surface area contributed by atoms with Crippen molar-refractivity contribution < 1.29 is 17.0 Å². The summed E-state index contributed by atoms with van der Waals surface area (Å²) in [6, 6.07) is 24.2. The predicted molar refractivity (Wildman–Crippen MR) is 312 cm³/mol. The molecule has 0 unspecified atom stereocenters. The molecule has 4 saturated heterocycles. The van der Waals surface area contributed by atoms with E-state index in [2.05, 4.69) is 146 Å². The van der Waals surface area contributed by atoms with Gasteiger partial charge in [-0.1, -0.05) is 81.4 Å². The van der Waals surface area contributed by atoms with E-state index in [1.807, 2.05) is 11.8 Å². The van der Waals surface area contributed by atoms with Crippen molar-refractivity contribution in [2.24, 2.45) is 20.0 Å². The van der Waals surface area contributed by atoms with Crippen LogP contribution in [0, 0.1) is 0 Å². The van der Waals surface area contributed by atoms with Crippen LogP contribution >= 0.6 is 35.3 Å². The molecule has 8 aliphatic rings. The van der Waals surface area contributed by atoms with E-state index in [-0.39, 0.29) is 23.7 Å². The highest BCUT2D eigenvalue weighted by Gasteiger charge is 2.50. The van der Waals surface area contributed by atoms with Gasteiger partial charge in [-0.2, -0.15) is 43.7 Å². The zero-order valence-corrected chi connectivity index (χ0v) is 48.5. The molecular formula is C53H82N12O4S4Si. The van der Waals surface area contributed by atoms with Crippen LogP contribution in [0.3, 0.4) is 0 Å². The lowest BCUT2D eigenvalue weighted by atomic mass is 10.1. The average Bonchev–Trinajstić information content (AvgIpc) is 3.40. The Balaban J connectivity index is 0.638. The fraction of sp³-hybridized carbons (Fsp3) is 0.698. The third-order valence-corrected chi connectivity index (χ3v) is 25.3. The Bertz CT molecular complexity index is 2380. The number of fused-ring (bicyclic) bond motifs is 4. The highest BCUT2D eigenvalue weighted by Crippen LogP contribution is 2.37. The molecule has 0 spiro atoms. The largest absolute Gasteiger partial charge is 0.405 e. The summed E-state index contributed by atoms with van der Waals surface area (Å²) in [5.41, 5.74) is 0. The maximum atomic E-state index is 11.5. The third kappa shape index (κ3) is 13.7. The van der Waals surface area contributed by atoms with Crippen LogP contribution in [0.2, 0.25) is 5.04 Å². The lowest BCUT2D eigenvalue weighted by Gasteiger charge is -2.44. The Morgan fingerprint density at radius 3 is 1.19 bits per heavy atom. The molecular weight excluding hydrogens is 1030 g/mol. The SMILES string of the molecule is CC(C)(C)[Si](OC[C@H]1CCN2CC[C@H](CSC[C@H]3CCN4CC[C@H](CSC[C@H]5CCN6CC[C@H](CSC[C@H]7CCN8CC[C@H](COS(C)(=O)=O)N=C8N7)N=C6N5)NC4=N3)NC2=N1)(c1ccccc1)c1ccccc1. The monoisotopic (exact) mass is 1110 g/mol. The van der Waals surface area contributed by atoms with Gasteiger partial charge in [-0.3, -0.25) is 4.18 Å². The Morgan fingerprint density at radius 2 is 0.824 bits per heavy atom. The molecule has 406 valence electrons. The van der Waals surface area contributed by atoms with Crippen molar-refractivity contribution in [2.75, 3.05) is 106 Å². The minimum Gasteiger partial charge on any atom is -0.405 e. The summed E-state index contributed by atoms with van der Waals surface area (Å²) in [5.74, 6) is 10.5. The van der Waals surface area contributed by atoms with Gasteiger partial charge < -0.3 is 45.3 Å². The minimum atomic E-state index is -3.47. The Morgan fingerprint density at radius 1 is 0.500 bits per heavy atom. The van der Waals surface area contributed by atoms with Gasteiger partial charge in [-0.25, -0.2) is 20.0 Å². The second-order valence-corrected chi connectivity index (χ2v) is 31.8. The number of hydrogen-bond donors (Lipinski definition) is 4. The molecule has 0 bridgehead atoms. The van der Waals surface area contributed by atoms with Crippen molar-refractivity contribution in [1.29, 1.82) is 0 Å². The molecule has 0 radical (unpaired) electrons. The maximum absolute atomic E-state index is 11.5. The number of benzene rings is 2. The van der Waals surface area contributed by atoms with Gasteiger partial charge in [0.15, 0.2) is 23.8 Å². The van der Waals surface area contributed by atoms with Crippen LogP contribution in [0.15, 0.2) is 80.6 Å². The van der Waals surface area contributed by atoms with Gasteiger partial charge in [-0.15, -0.1) is 0 Å². The van der Waals surface area contributed by atoms with E-state index in [1.54, 1.807) is 0 Å². The van der Waals surface area contributed by atoms with Crippen molar-refractivity contribution in [3.63, 3.8) is 0 Å². The van der Waals surface area contributed by atoms with Gasteiger partial charge in [0.1, 0.15) is 0 Å². The van der Waals surface area contributed by atoms with Gasteiger partial charge in [0.05, 0.1) is 43.6 Å². The fourth-order valence-corrected chi connectivity index (χ4v) is 20.4. The number of rotatable bonds is 20. The van der Waals surface area contributed by atoms with Crippen LogP contribution in [-0.2, 0) is 18.7 Å². The molecule has 74 heavy (non-hydrogen) atoms. The quantitative estimate of drug-likeness (QED) is 0.112. The Labute approximate surface area is 455 Å². The molecule has 0 amide bonds. The predicted octanol–water partition coefficient (Wildman–Crippen LogP) is 3.91. The number of guanidine groups is 4. The highest BCUT2D eigenvalue weighted by atomic mass is 32.2. The molecule has 0 aromatic heterocycles. The molecule has 10 rings (SSSR count). The number of aliphatic imine (C=N–C) groups is 4. The number of hydrogen-bond acceptors (Lipinski definition) is 19. The first-order valence-electron chi connectivity index (χ1n) is 27.5. The van der Waals surface area contributed by atoms with E-state index in [0.29, 0.717) is 42.9 Å². The molecule has 2 aromatic rings. The van der Waals surface area contributed by atoms with Crippen LogP contribution in [0.1, 0.15) is 72.1 Å². The summed E-state index contributed by atoms with van der Waals surface area (Å²) in [5, 5.41) is 17.8. The molecule has 8 heterocycles. The van der Waals surface area contributed by atoms with Crippen molar-refractivity contribution in [3.8, 4) is 0 Å². The van der Waals surface area contributed by atoms with Gasteiger partial charge in [0.2, 0.25) is 0 Å². The zero-order chi connectivity index (χ0) is 51.1. The Kier molecular flexibility index (Phi) is 17.9. The van der Waals surface area contributed by atoms with Crippen molar-refractivity contribution >= 4 is 87.9 Å². The van der Waals surface area contributed by atoms with Crippen LogP contribution < -0.4 is 31.6 Å². The van der Waals surface area contributed by atoms with Crippen molar-refractivity contribution in [3.05, 3.63) is 60.7 Å². The van der Waals surface area contributed by atoms with E-state index in [0.717, 1.165) is 168 Å². The second kappa shape index (κ2) is 24.5. The first kappa shape index (κ1) is 54.0. The lowest BCUT2D eigenvalue weighted by molar-refractivity contribution is 0.233. The molecule has 4 N–H and O–H groups in total. The highest BCUT2D eigenvalue weighted by molar-refractivity contribution is 7.99. The molecule has 21 heteroatoms. The summed E-state index contributed by atoms with van der Waals surface area (Å²) in [7, 11) is -6.09. The molecule has 2 aromatic carbocycles. The number of nitrogens with one attached hydrogen (secondary N) is 4. The van der Waals surface area contributed by atoms with Gasteiger partial charge in [0.25, 0.3) is 18.4 Å². The smallest absolute Gasteiger partial charge is 0.264 e. The average molecular weight is 1110 g/mol. The number of thioether (sulfide) groups is 3. The van der Waals surface area contributed by atoms with Gasteiger partial charge in [0, 0.05) is 111 Å². The van der Waals surface area contributed by atoms with Crippen LogP contribution in [0.25, 0.3) is 0 Å². The topological polar surface area (TPSA) is 163 Å². The van der Waals surface area contributed by atoms with Crippen molar-refractivity contribution in [1.82, 2.24) is 40.9 Å². The van der Waals surface area contributed by atoms with Crippen molar-refractivity contribution in [2.45, 2.75) is 126 Å². The zero-order valence-electron chi connectivity index (χ0n) is 44.2. The normalized spacial score (nSPS) is 28.3. The summed E-state index contributed by atoms with van der Waals surface area (Å²) >= 11 is 6.10. The van der Waals surface area contributed by atoms with E-state index >= 15 is 0 Å². The lowest BCUT2D eigenvalue weighted by Crippen LogP contribution is -2.67. The molecule has 16 nitrogen and oxygen atoms in total. The summed E-state index contributed by atoms with van der Waals surface area (Å²) in [4.78, 5) is 30.3. The first-order valence-corrected chi connectivity index (χ1v) is 34.7. The van der Waals surface area contributed by atoms with E-state index in [4.69, 9.17) is 28.6 Å². The molecule has 8 aliphatic heterocycles. The number of nitrogens with zero attached hydrogens (tertiary/aromatic N) is 8. The fourth-order valence-electron chi connectivity index (χ4n) is 11.8. The molecule has 4 fully saturated rings. The van der Waals surface area contributed by atoms with E-state index in [1.165, 1.54) is 10.4 Å². The molecule has 0 aliphatic carbocycles. The maximum Gasteiger partial charge on any atom is 0.264 e. The van der Waals surface area contributed by atoms with Crippen LogP contribution in [0.5, 0.6) is 0 Å². The standard InChI is InChI=1S/C53H82N12O4S4Si/c1-53(2,3)74(47-11-7-5-8-12-47,48-13-9-6-10-14-48)69-32-40-16-24-63-26-18-42(57-50(63)55-40)34-71-36-44-20-28-65-30-22-46(61-52(65)59-44)38-72-37-45-21-29-64-27-19-43(58-51(64)60-45)35-70-33-41-17-25-62-23-15-39(54-49(62)56-41)31-68-73(4,66)67/h5-14,39-46H,15-38H2,1-4H3,(H,54,56)(H,55,57)(H,58,60)(H,59,61)/t39-,40-,41-,42-,43-,44-,45-,46-/m1/s1. The minimum absolute atomic E-state index is 0.0543. The summed E-state index contributed by atoms with van der Waals surface area (Å²) < 4.78 is 35.4. The molecule has 8 atom stereocenters. The summed E-state index contributed by atoms with van der Waals surface area (Å²) in [6.07, 6.45) is 9.67. The van der Waals surface area contributed by atoms with Gasteiger partial charge >= 0.3 is 0 Å². The first-order chi connectivity index (χ1) is 35.8.